The summed E-state index contributed by atoms with van der Waals surface area (Å²) in [5.74, 6) is 0.805. The Hall–Kier alpha value is -2.24. The predicted octanol–water partition coefficient (Wildman–Crippen LogP) is 5.98. The standard InChI is InChI=1S/C24H25ClN2O2S/c1-14-6-5-9-19(15(14)2)26-23(28)17-10-11-21-20(12-17)27-24(29)22(30-21)13-16-7-3-4-8-18(16)25/h3-4,7-8,10-15,19H,5-6,9H2,1-2H3,(H,26,28)(H,27,29)/b22-13+. The van der Waals surface area contributed by atoms with Crippen LogP contribution < -0.4 is 10.6 Å². The Labute approximate surface area is 186 Å². The fraction of sp³-hybridized carbons (Fsp3) is 0.333. The minimum Gasteiger partial charge on any atom is -0.349 e. The smallest absolute Gasteiger partial charge is 0.262 e. The third-order valence-corrected chi connectivity index (χ3v) is 7.59. The van der Waals surface area contributed by atoms with Crippen molar-refractivity contribution in [3.05, 3.63) is 63.5 Å². The fourth-order valence-corrected chi connectivity index (χ4v) is 5.19. The Morgan fingerprint density at radius 3 is 2.80 bits per heavy atom. The van der Waals surface area contributed by atoms with Gasteiger partial charge >= 0.3 is 0 Å². The van der Waals surface area contributed by atoms with Crippen LogP contribution in [0.5, 0.6) is 0 Å². The van der Waals surface area contributed by atoms with Crippen molar-refractivity contribution >= 4 is 46.9 Å². The molecule has 2 N–H and O–H groups in total. The highest BCUT2D eigenvalue weighted by Crippen LogP contribution is 2.40. The average molecular weight is 441 g/mol. The third kappa shape index (κ3) is 4.42. The summed E-state index contributed by atoms with van der Waals surface area (Å²) in [6, 6.07) is 13.1. The van der Waals surface area contributed by atoms with Gasteiger partial charge in [0.1, 0.15) is 0 Å². The van der Waals surface area contributed by atoms with Gasteiger partial charge in [0.2, 0.25) is 0 Å². The van der Waals surface area contributed by atoms with Crippen LogP contribution in [0.1, 0.15) is 49.0 Å². The first-order valence-electron chi connectivity index (χ1n) is 10.3. The Morgan fingerprint density at radius 2 is 2.00 bits per heavy atom. The van der Waals surface area contributed by atoms with Crippen molar-refractivity contribution in [2.75, 3.05) is 5.32 Å². The van der Waals surface area contributed by atoms with Gasteiger partial charge in [-0.25, -0.2) is 0 Å². The number of hydrogen-bond acceptors (Lipinski definition) is 3. The predicted molar refractivity (Wildman–Crippen MR) is 124 cm³/mol. The number of nitrogens with one attached hydrogen (secondary N) is 2. The second-order valence-electron chi connectivity index (χ2n) is 8.14. The van der Waals surface area contributed by atoms with Gasteiger partial charge in [0, 0.05) is 21.5 Å². The van der Waals surface area contributed by atoms with E-state index >= 15 is 0 Å². The van der Waals surface area contributed by atoms with E-state index in [0.717, 1.165) is 23.3 Å². The van der Waals surface area contributed by atoms with E-state index in [0.29, 0.717) is 33.0 Å². The lowest BCUT2D eigenvalue weighted by Crippen LogP contribution is -2.43. The van der Waals surface area contributed by atoms with Crippen LogP contribution in [0.4, 0.5) is 5.69 Å². The Morgan fingerprint density at radius 1 is 1.20 bits per heavy atom. The van der Waals surface area contributed by atoms with Crippen LogP contribution in [-0.2, 0) is 4.79 Å². The lowest BCUT2D eigenvalue weighted by atomic mass is 9.78. The van der Waals surface area contributed by atoms with Crippen LogP contribution in [0.2, 0.25) is 5.02 Å². The molecule has 4 rings (SSSR count). The molecule has 1 fully saturated rings. The van der Waals surface area contributed by atoms with Crippen LogP contribution in [0, 0.1) is 11.8 Å². The molecule has 2 aromatic rings. The Bertz CT molecular complexity index is 1020. The molecule has 3 unspecified atom stereocenters. The van der Waals surface area contributed by atoms with Gasteiger partial charge in [-0.2, -0.15) is 0 Å². The normalized spacial score (nSPS) is 24.8. The number of hydrogen-bond donors (Lipinski definition) is 2. The zero-order valence-electron chi connectivity index (χ0n) is 17.1. The average Bonchev–Trinajstić information content (AvgIpc) is 2.73. The molecule has 1 heterocycles. The van der Waals surface area contributed by atoms with Crippen molar-refractivity contribution < 1.29 is 9.59 Å². The first kappa shape index (κ1) is 21.0. The fourth-order valence-electron chi connectivity index (χ4n) is 4.07. The second-order valence-corrected chi connectivity index (χ2v) is 9.64. The monoisotopic (exact) mass is 440 g/mol. The molecule has 1 saturated carbocycles. The van der Waals surface area contributed by atoms with Gasteiger partial charge in [0.05, 0.1) is 10.6 Å². The topological polar surface area (TPSA) is 58.2 Å². The van der Waals surface area contributed by atoms with Gasteiger partial charge in [-0.3, -0.25) is 9.59 Å². The summed E-state index contributed by atoms with van der Waals surface area (Å²) in [6.07, 6.45) is 5.18. The van der Waals surface area contributed by atoms with Crippen LogP contribution >= 0.6 is 23.4 Å². The number of carbonyl (C=O) groups is 2. The van der Waals surface area contributed by atoms with Crippen molar-refractivity contribution in [1.29, 1.82) is 0 Å². The van der Waals surface area contributed by atoms with Gasteiger partial charge in [0.15, 0.2) is 0 Å². The first-order valence-corrected chi connectivity index (χ1v) is 11.5. The van der Waals surface area contributed by atoms with Gasteiger partial charge < -0.3 is 10.6 Å². The zero-order chi connectivity index (χ0) is 21.3. The lowest BCUT2D eigenvalue weighted by Gasteiger charge is -2.34. The molecule has 0 bridgehead atoms. The van der Waals surface area contributed by atoms with E-state index in [1.807, 2.05) is 30.3 Å². The van der Waals surface area contributed by atoms with E-state index in [2.05, 4.69) is 24.5 Å². The minimum atomic E-state index is -0.195. The van der Waals surface area contributed by atoms with Crippen LogP contribution in [0.25, 0.3) is 6.08 Å². The summed E-state index contributed by atoms with van der Waals surface area (Å²) >= 11 is 7.60. The van der Waals surface area contributed by atoms with Crippen molar-refractivity contribution in [3.8, 4) is 0 Å². The number of thioether (sulfide) groups is 1. The molecule has 1 aliphatic heterocycles. The summed E-state index contributed by atoms with van der Waals surface area (Å²) in [4.78, 5) is 26.9. The summed E-state index contributed by atoms with van der Waals surface area (Å²) in [5.41, 5.74) is 2.03. The maximum atomic E-state index is 12.8. The van der Waals surface area contributed by atoms with Gasteiger partial charge in [-0.1, -0.05) is 68.3 Å². The van der Waals surface area contributed by atoms with Crippen molar-refractivity contribution in [3.63, 3.8) is 0 Å². The summed E-state index contributed by atoms with van der Waals surface area (Å²) in [5, 5.41) is 6.71. The maximum absolute atomic E-state index is 12.8. The summed E-state index contributed by atoms with van der Waals surface area (Å²) in [7, 11) is 0. The van der Waals surface area contributed by atoms with E-state index in [-0.39, 0.29) is 17.9 Å². The molecular formula is C24H25ClN2O2S. The van der Waals surface area contributed by atoms with E-state index in [1.54, 1.807) is 18.2 Å². The van der Waals surface area contributed by atoms with Gasteiger partial charge in [0.25, 0.3) is 11.8 Å². The van der Waals surface area contributed by atoms with Crippen LogP contribution in [-0.4, -0.2) is 17.9 Å². The molecule has 156 valence electrons. The molecule has 0 spiro atoms. The van der Waals surface area contributed by atoms with E-state index in [9.17, 15) is 9.59 Å². The van der Waals surface area contributed by atoms with E-state index in [4.69, 9.17) is 11.6 Å². The molecule has 30 heavy (non-hydrogen) atoms. The Balaban J connectivity index is 1.51. The number of amides is 2. The maximum Gasteiger partial charge on any atom is 0.262 e. The molecule has 4 nitrogen and oxygen atoms in total. The zero-order valence-corrected chi connectivity index (χ0v) is 18.6. The molecule has 2 aliphatic rings. The van der Waals surface area contributed by atoms with E-state index in [1.165, 1.54) is 18.2 Å². The number of rotatable bonds is 3. The molecule has 1 aliphatic carbocycles. The minimum absolute atomic E-state index is 0.0830. The molecular weight excluding hydrogens is 416 g/mol. The third-order valence-electron chi connectivity index (χ3n) is 6.15. The molecule has 0 radical (unpaired) electrons. The number of anilines is 1. The summed E-state index contributed by atoms with van der Waals surface area (Å²) < 4.78 is 0. The van der Waals surface area contributed by atoms with Crippen molar-refractivity contribution in [1.82, 2.24) is 5.32 Å². The van der Waals surface area contributed by atoms with Crippen molar-refractivity contribution in [2.45, 2.75) is 44.0 Å². The van der Waals surface area contributed by atoms with Gasteiger partial charge in [-0.05, 0) is 54.2 Å². The molecule has 2 amide bonds. The molecule has 2 aromatic carbocycles. The van der Waals surface area contributed by atoms with Crippen LogP contribution in [0.3, 0.4) is 0 Å². The van der Waals surface area contributed by atoms with Crippen LogP contribution in [0.15, 0.2) is 52.3 Å². The second kappa shape index (κ2) is 8.86. The Kier molecular flexibility index (Phi) is 6.21. The largest absolute Gasteiger partial charge is 0.349 e. The van der Waals surface area contributed by atoms with Crippen molar-refractivity contribution in [2.24, 2.45) is 11.8 Å². The number of halogens is 1. The highest BCUT2D eigenvalue weighted by Gasteiger charge is 2.29. The highest BCUT2D eigenvalue weighted by molar-refractivity contribution is 8.04. The summed E-state index contributed by atoms with van der Waals surface area (Å²) in [6.45, 7) is 4.47. The first-order chi connectivity index (χ1) is 14.4. The molecule has 0 saturated heterocycles. The highest BCUT2D eigenvalue weighted by atomic mass is 35.5. The molecule has 3 atom stereocenters. The van der Waals surface area contributed by atoms with E-state index < -0.39 is 0 Å². The molecule has 6 heteroatoms. The number of benzene rings is 2. The number of fused-ring (bicyclic) bond motifs is 1. The van der Waals surface area contributed by atoms with Gasteiger partial charge in [-0.15, -0.1) is 0 Å². The molecule has 0 aromatic heterocycles. The quantitative estimate of drug-likeness (QED) is 0.577. The SMILES string of the molecule is CC1CCCC(NC(=O)c2ccc3c(c2)NC(=O)/C(=C\c2ccccc2Cl)S3)C1C. The lowest BCUT2D eigenvalue weighted by molar-refractivity contribution is -0.112. The number of carbonyl (C=O) groups excluding carboxylic acids is 2.